The maximum Gasteiger partial charge on any atom is 0.0182 e. The average molecular weight is 169 g/mol. The molecule has 1 fully saturated rings. The van der Waals surface area contributed by atoms with Crippen molar-refractivity contribution in [3.63, 3.8) is 0 Å². The Bertz CT molecular complexity index is 142. The van der Waals surface area contributed by atoms with Crippen molar-refractivity contribution in [1.82, 2.24) is 0 Å². The second-order valence-corrected chi connectivity index (χ2v) is 4.98. The van der Waals surface area contributed by atoms with Crippen LogP contribution in [0.25, 0.3) is 0 Å². The first-order valence-corrected chi connectivity index (χ1v) is 5.33. The van der Waals surface area contributed by atoms with Gasteiger partial charge in [0.05, 0.1) is 0 Å². The summed E-state index contributed by atoms with van der Waals surface area (Å²) in [6.07, 6.45) is 6.51. The van der Waals surface area contributed by atoms with Crippen molar-refractivity contribution in [1.29, 1.82) is 0 Å². The summed E-state index contributed by atoms with van der Waals surface area (Å²) in [6, 6.07) is 0. The molecule has 0 aliphatic heterocycles. The SMILES string of the molecule is CC(C)CC1(N)CCCCC1C. The van der Waals surface area contributed by atoms with E-state index in [9.17, 15) is 0 Å². The van der Waals surface area contributed by atoms with Crippen LogP contribution in [-0.4, -0.2) is 5.54 Å². The average Bonchev–Trinajstić information content (AvgIpc) is 1.94. The van der Waals surface area contributed by atoms with E-state index in [0.717, 1.165) is 11.8 Å². The Balaban J connectivity index is 2.53. The standard InChI is InChI=1S/C11H23N/c1-9(2)8-11(12)7-5-4-6-10(11)3/h9-10H,4-8,12H2,1-3H3. The minimum absolute atomic E-state index is 0.159. The molecule has 1 aliphatic rings. The lowest BCUT2D eigenvalue weighted by molar-refractivity contribution is 0.173. The van der Waals surface area contributed by atoms with Gasteiger partial charge in [0.15, 0.2) is 0 Å². The van der Waals surface area contributed by atoms with E-state index in [4.69, 9.17) is 5.73 Å². The minimum Gasteiger partial charge on any atom is -0.325 e. The maximum atomic E-state index is 6.40. The van der Waals surface area contributed by atoms with Crippen LogP contribution < -0.4 is 5.73 Å². The van der Waals surface area contributed by atoms with E-state index in [-0.39, 0.29) is 5.54 Å². The first kappa shape index (κ1) is 10.0. The molecule has 0 aromatic heterocycles. The first-order valence-electron chi connectivity index (χ1n) is 5.33. The lowest BCUT2D eigenvalue weighted by Crippen LogP contribution is -2.48. The van der Waals surface area contributed by atoms with Crippen LogP contribution in [0, 0.1) is 11.8 Å². The van der Waals surface area contributed by atoms with Crippen molar-refractivity contribution >= 4 is 0 Å². The van der Waals surface area contributed by atoms with Gasteiger partial charge in [-0.05, 0) is 31.1 Å². The fourth-order valence-corrected chi connectivity index (χ4v) is 2.50. The molecule has 1 nitrogen and oxygen atoms in total. The van der Waals surface area contributed by atoms with Gasteiger partial charge in [0.2, 0.25) is 0 Å². The Morgan fingerprint density at radius 2 is 2.08 bits per heavy atom. The molecule has 12 heavy (non-hydrogen) atoms. The van der Waals surface area contributed by atoms with Crippen LogP contribution in [0.3, 0.4) is 0 Å². The molecular formula is C11H23N. The highest BCUT2D eigenvalue weighted by Gasteiger charge is 2.34. The largest absolute Gasteiger partial charge is 0.325 e. The van der Waals surface area contributed by atoms with Crippen LogP contribution in [0.15, 0.2) is 0 Å². The van der Waals surface area contributed by atoms with Crippen LogP contribution in [0.1, 0.15) is 52.9 Å². The summed E-state index contributed by atoms with van der Waals surface area (Å²) in [5.41, 5.74) is 6.56. The number of nitrogens with two attached hydrogens (primary N) is 1. The molecule has 1 rings (SSSR count). The van der Waals surface area contributed by atoms with Crippen molar-refractivity contribution in [2.75, 3.05) is 0 Å². The van der Waals surface area contributed by atoms with Crippen LogP contribution in [0.2, 0.25) is 0 Å². The van der Waals surface area contributed by atoms with E-state index in [1.807, 2.05) is 0 Å². The summed E-state index contributed by atoms with van der Waals surface area (Å²) in [5, 5.41) is 0. The molecule has 0 bridgehead atoms. The second-order valence-electron chi connectivity index (χ2n) is 4.98. The molecule has 0 radical (unpaired) electrons. The molecule has 1 aliphatic carbocycles. The highest BCUT2D eigenvalue weighted by Crippen LogP contribution is 2.35. The van der Waals surface area contributed by atoms with Crippen LogP contribution in [0.5, 0.6) is 0 Å². The molecule has 2 atom stereocenters. The molecule has 0 heterocycles. The van der Waals surface area contributed by atoms with Gasteiger partial charge in [-0.1, -0.05) is 33.6 Å². The van der Waals surface area contributed by atoms with E-state index in [0.29, 0.717) is 0 Å². The lowest BCUT2D eigenvalue weighted by atomic mass is 9.70. The third kappa shape index (κ3) is 2.22. The Morgan fingerprint density at radius 1 is 1.42 bits per heavy atom. The van der Waals surface area contributed by atoms with Gasteiger partial charge in [0, 0.05) is 5.54 Å². The summed E-state index contributed by atoms with van der Waals surface area (Å²) >= 11 is 0. The van der Waals surface area contributed by atoms with Gasteiger partial charge in [0.25, 0.3) is 0 Å². The molecule has 2 unspecified atom stereocenters. The van der Waals surface area contributed by atoms with E-state index in [2.05, 4.69) is 20.8 Å². The van der Waals surface area contributed by atoms with Crippen molar-refractivity contribution in [3.05, 3.63) is 0 Å². The fraction of sp³-hybridized carbons (Fsp3) is 1.00. The minimum atomic E-state index is 0.159. The maximum absolute atomic E-state index is 6.40. The van der Waals surface area contributed by atoms with Crippen molar-refractivity contribution < 1.29 is 0 Å². The van der Waals surface area contributed by atoms with E-state index in [1.165, 1.54) is 32.1 Å². The molecule has 0 aromatic carbocycles. The molecule has 1 saturated carbocycles. The Morgan fingerprint density at radius 3 is 2.58 bits per heavy atom. The van der Waals surface area contributed by atoms with E-state index in [1.54, 1.807) is 0 Å². The lowest BCUT2D eigenvalue weighted by Gasteiger charge is -2.40. The Hall–Kier alpha value is -0.0400. The van der Waals surface area contributed by atoms with Gasteiger partial charge in [-0.3, -0.25) is 0 Å². The van der Waals surface area contributed by atoms with Crippen molar-refractivity contribution in [3.8, 4) is 0 Å². The number of rotatable bonds is 2. The summed E-state index contributed by atoms with van der Waals surface area (Å²) in [5.74, 6) is 1.48. The monoisotopic (exact) mass is 169 g/mol. The van der Waals surface area contributed by atoms with Gasteiger partial charge < -0.3 is 5.73 Å². The summed E-state index contributed by atoms with van der Waals surface area (Å²) in [7, 11) is 0. The third-order valence-corrected chi connectivity index (χ3v) is 3.30. The van der Waals surface area contributed by atoms with Gasteiger partial charge in [-0.15, -0.1) is 0 Å². The number of hydrogen-bond acceptors (Lipinski definition) is 1. The quantitative estimate of drug-likeness (QED) is 0.675. The molecule has 2 N–H and O–H groups in total. The third-order valence-electron chi connectivity index (χ3n) is 3.30. The van der Waals surface area contributed by atoms with Gasteiger partial charge in [-0.25, -0.2) is 0 Å². The molecule has 1 heteroatoms. The summed E-state index contributed by atoms with van der Waals surface area (Å²) in [4.78, 5) is 0. The van der Waals surface area contributed by atoms with Crippen LogP contribution in [-0.2, 0) is 0 Å². The Labute approximate surface area is 76.7 Å². The normalized spacial score (nSPS) is 37.2. The molecule has 72 valence electrons. The molecule has 0 spiro atoms. The summed E-state index contributed by atoms with van der Waals surface area (Å²) in [6.45, 7) is 6.87. The van der Waals surface area contributed by atoms with Gasteiger partial charge in [-0.2, -0.15) is 0 Å². The van der Waals surface area contributed by atoms with Gasteiger partial charge >= 0.3 is 0 Å². The fourth-order valence-electron chi connectivity index (χ4n) is 2.50. The van der Waals surface area contributed by atoms with Gasteiger partial charge in [0.1, 0.15) is 0 Å². The Kier molecular flexibility index (Phi) is 3.16. The second kappa shape index (κ2) is 3.78. The number of hydrogen-bond donors (Lipinski definition) is 1. The zero-order valence-corrected chi connectivity index (χ0v) is 8.77. The molecular weight excluding hydrogens is 146 g/mol. The van der Waals surface area contributed by atoms with Crippen LogP contribution >= 0.6 is 0 Å². The predicted molar refractivity (Wildman–Crippen MR) is 54.0 cm³/mol. The molecule has 0 aromatic rings. The molecule has 0 amide bonds. The smallest absolute Gasteiger partial charge is 0.0182 e. The predicted octanol–water partition coefficient (Wildman–Crippen LogP) is 2.94. The van der Waals surface area contributed by atoms with Crippen molar-refractivity contribution in [2.24, 2.45) is 17.6 Å². The van der Waals surface area contributed by atoms with Crippen molar-refractivity contribution in [2.45, 2.75) is 58.4 Å². The zero-order valence-electron chi connectivity index (χ0n) is 8.77. The first-order chi connectivity index (χ1) is 5.54. The van der Waals surface area contributed by atoms with Crippen LogP contribution in [0.4, 0.5) is 0 Å². The van der Waals surface area contributed by atoms with E-state index < -0.39 is 0 Å². The molecule has 0 saturated heterocycles. The highest BCUT2D eigenvalue weighted by molar-refractivity contribution is 4.92. The summed E-state index contributed by atoms with van der Waals surface area (Å²) < 4.78 is 0. The zero-order chi connectivity index (χ0) is 9.19. The highest BCUT2D eigenvalue weighted by atomic mass is 14.8. The van der Waals surface area contributed by atoms with E-state index >= 15 is 0 Å². The topological polar surface area (TPSA) is 26.0 Å².